The van der Waals surface area contributed by atoms with E-state index in [1.807, 2.05) is 20.8 Å². The number of carbonyl (C=O) groups excluding carboxylic acids is 1. The van der Waals surface area contributed by atoms with Gasteiger partial charge in [0.1, 0.15) is 11.7 Å². The molecule has 0 aromatic rings. The molecule has 1 amide bonds. The molecule has 4 heteroatoms. The molecule has 4 nitrogen and oxygen atoms in total. The summed E-state index contributed by atoms with van der Waals surface area (Å²) in [5, 5.41) is 2.92. The zero-order chi connectivity index (χ0) is 13.9. The summed E-state index contributed by atoms with van der Waals surface area (Å²) in [4.78, 5) is 11.8. The summed E-state index contributed by atoms with van der Waals surface area (Å²) in [6.45, 7) is 6.31. The fourth-order valence-corrected chi connectivity index (χ4v) is 2.10. The molecule has 0 radical (unpaired) electrons. The van der Waals surface area contributed by atoms with Gasteiger partial charge in [0.05, 0.1) is 12.6 Å². The molecule has 19 heavy (non-hydrogen) atoms. The highest BCUT2D eigenvalue weighted by Gasteiger charge is 2.35. The molecule has 2 rings (SSSR count). The summed E-state index contributed by atoms with van der Waals surface area (Å²) in [5.74, 6) is 0. The Morgan fingerprint density at radius 1 is 1.53 bits per heavy atom. The van der Waals surface area contributed by atoms with Gasteiger partial charge in [-0.15, -0.1) is 0 Å². The van der Waals surface area contributed by atoms with Crippen molar-refractivity contribution in [3.8, 4) is 0 Å². The number of nitrogens with one attached hydrogen (secondary N) is 1. The normalized spacial score (nSPS) is 23.5. The Balaban J connectivity index is 1.88. The highest BCUT2D eigenvalue weighted by Crippen LogP contribution is 2.23. The topological polar surface area (TPSA) is 50.9 Å². The second-order valence-corrected chi connectivity index (χ2v) is 6.09. The van der Waals surface area contributed by atoms with Crippen LogP contribution in [0.15, 0.2) is 23.8 Å². The number of ether oxygens (including phenoxy) is 2. The monoisotopic (exact) mass is 265 g/mol. The van der Waals surface area contributed by atoms with Gasteiger partial charge in [0, 0.05) is 0 Å². The van der Waals surface area contributed by atoms with Crippen molar-refractivity contribution < 1.29 is 14.3 Å². The van der Waals surface area contributed by atoms with Crippen LogP contribution in [-0.4, -0.2) is 30.4 Å². The third-order valence-electron chi connectivity index (χ3n) is 3.04. The van der Waals surface area contributed by atoms with Gasteiger partial charge in [0.15, 0.2) is 0 Å². The van der Waals surface area contributed by atoms with Crippen LogP contribution in [0.25, 0.3) is 0 Å². The molecular weight excluding hydrogens is 242 g/mol. The van der Waals surface area contributed by atoms with E-state index in [0.717, 1.165) is 25.9 Å². The van der Waals surface area contributed by atoms with Crippen LogP contribution < -0.4 is 5.32 Å². The smallest absolute Gasteiger partial charge is 0.407 e. The molecule has 2 aliphatic rings. The summed E-state index contributed by atoms with van der Waals surface area (Å²) in [6, 6.07) is 0.00356. The van der Waals surface area contributed by atoms with Crippen molar-refractivity contribution in [1.29, 1.82) is 0 Å². The second kappa shape index (κ2) is 5.78. The quantitative estimate of drug-likeness (QED) is 0.795. The predicted molar refractivity (Wildman–Crippen MR) is 74.0 cm³/mol. The van der Waals surface area contributed by atoms with Crippen LogP contribution in [0, 0.1) is 0 Å². The van der Waals surface area contributed by atoms with E-state index >= 15 is 0 Å². The first-order valence-corrected chi connectivity index (χ1v) is 6.91. The lowest BCUT2D eigenvalue weighted by Crippen LogP contribution is -2.42. The first-order valence-electron chi connectivity index (χ1n) is 6.91. The lowest BCUT2D eigenvalue weighted by atomic mass is 9.98. The molecule has 1 fully saturated rings. The van der Waals surface area contributed by atoms with E-state index in [0.29, 0.717) is 0 Å². The van der Waals surface area contributed by atoms with Crippen molar-refractivity contribution in [3.63, 3.8) is 0 Å². The number of alkyl carbamates (subject to hydrolysis) is 1. The average molecular weight is 265 g/mol. The zero-order valence-electron chi connectivity index (χ0n) is 11.9. The summed E-state index contributed by atoms with van der Waals surface area (Å²) < 4.78 is 10.6. The fourth-order valence-electron chi connectivity index (χ4n) is 2.10. The van der Waals surface area contributed by atoms with Gasteiger partial charge in [-0.3, -0.25) is 0 Å². The molecule has 0 unspecified atom stereocenters. The van der Waals surface area contributed by atoms with Gasteiger partial charge in [-0.1, -0.05) is 23.8 Å². The SMILES string of the molecule is CC(C)(C)OC(=O)N[C@@H](CC1=CCCC=C1)[C@H]1CO1. The first kappa shape index (κ1) is 14.1. The Hall–Kier alpha value is -1.29. The molecule has 1 saturated heterocycles. The van der Waals surface area contributed by atoms with Crippen LogP contribution in [0.5, 0.6) is 0 Å². The molecule has 0 saturated carbocycles. The zero-order valence-corrected chi connectivity index (χ0v) is 11.9. The molecule has 1 heterocycles. The van der Waals surface area contributed by atoms with Crippen LogP contribution in [-0.2, 0) is 9.47 Å². The lowest BCUT2D eigenvalue weighted by molar-refractivity contribution is 0.0495. The van der Waals surface area contributed by atoms with Gasteiger partial charge in [-0.05, 0) is 40.0 Å². The van der Waals surface area contributed by atoms with Crippen molar-refractivity contribution in [2.75, 3.05) is 6.61 Å². The van der Waals surface area contributed by atoms with Crippen LogP contribution in [0.2, 0.25) is 0 Å². The summed E-state index contributed by atoms with van der Waals surface area (Å²) in [5.41, 5.74) is 0.797. The number of epoxide rings is 1. The fraction of sp³-hybridized carbons (Fsp3) is 0.667. The predicted octanol–water partition coefficient (Wildman–Crippen LogP) is 2.95. The number of hydrogen-bond acceptors (Lipinski definition) is 3. The minimum Gasteiger partial charge on any atom is -0.444 e. The van der Waals surface area contributed by atoms with E-state index in [1.54, 1.807) is 0 Å². The van der Waals surface area contributed by atoms with Gasteiger partial charge in [-0.25, -0.2) is 4.79 Å². The van der Waals surface area contributed by atoms with Crippen molar-refractivity contribution in [1.82, 2.24) is 5.32 Å². The van der Waals surface area contributed by atoms with E-state index in [2.05, 4.69) is 23.5 Å². The highest BCUT2D eigenvalue weighted by molar-refractivity contribution is 5.68. The maximum atomic E-state index is 11.8. The number of carbonyl (C=O) groups is 1. The minimum absolute atomic E-state index is 0.00356. The number of hydrogen-bond donors (Lipinski definition) is 1. The van der Waals surface area contributed by atoms with Crippen LogP contribution in [0.4, 0.5) is 4.79 Å². The number of allylic oxidation sites excluding steroid dienone is 3. The number of amides is 1. The van der Waals surface area contributed by atoms with Crippen molar-refractivity contribution >= 4 is 6.09 Å². The van der Waals surface area contributed by atoms with Crippen LogP contribution in [0.1, 0.15) is 40.0 Å². The minimum atomic E-state index is -0.469. The van der Waals surface area contributed by atoms with Crippen LogP contribution >= 0.6 is 0 Å². The first-order chi connectivity index (χ1) is 8.94. The summed E-state index contributed by atoms with van der Waals surface area (Å²) in [7, 11) is 0. The van der Waals surface area contributed by atoms with E-state index < -0.39 is 5.60 Å². The lowest BCUT2D eigenvalue weighted by Gasteiger charge is -2.23. The van der Waals surface area contributed by atoms with E-state index in [-0.39, 0.29) is 18.2 Å². The largest absolute Gasteiger partial charge is 0.444 e. The molecule has 1 aliphatic carbocycles. The van der Waals surface area contributed by atoms with Crippen molar-refractivity contribution in [2.24, 2.45) is 0 Å². The van der Waals surface area contributed by atoms with Gasteiger partial charge in [-0.2, -0.15) is 0 Å². The molecule has 2 atom stereocenters. The molecule has 106 valence electrons. The highest BCUT2D eigenvalue weighted by atomic mass is 16.6. The standard InChI is InChI=1S/C15H23NO3/c1-15(2,3)19-14(17)16-12(13-10-18-13)9-11-7-5-4-6-8-11/h5,7-8,12-13H,4,6,9-10H2,1-3H3,(H,16,17)/t12-,13+/m0/s1. The van der Waals surface area contributed by atoms with Gasteiger partial charge in [0.2, 0.25) is 0 Å². The van der Waals surface area contributed by atoms with Crippen molar-refractivity contribution in [2.45, 2.75) is 57.8 Å². The third kappa shape index (κ3) is 5.07. The average Bonchev–Trinajstić information content (AvgIpc) is 3.10. The molecular formula is C15H23NO3. The molecule has 0 spiro atoms. The number of rotatable bonds is 4. The Kier molecular flexibility index (Phi) is 4.30. The van der Waals surface area contributed by atoms with Gasteiger partial charge >= 0.3 is 6.09 Å². The molecule has 0 aromatic carbocycles. The molecule has 1 aliphatic heterocycles. The van der Waals surface area contributed by atoms with Gasteiger partial charge < -0.3 is 14.8 Å². The van der Waals surface area contributed by atoms with E-state index in [4.69, 9.17) is 9.47 Å². The third-order valence-corrected chi connectivity index (χ3v) is 3.04. The second-order valence-electron chi connectivity index (χ2n) is 6.09. The Bertz CT molecular complexity index is 389. The van der Waals surface area contributed by atoms with Crippen LogP contribution in [0.3, 0.4) is 0 Å². The molecule has 1 N–H and O–H groups in total. The van der Waals surface area contributed by atoms with E-state index in [9.17, 15) is 4.79 Å². The van der Waals surface area contributed by atoms with Crippen molar-refractivity contribution in [3.05, 3.63) is 23.8 Å². The molecule has 0 aromatic heterocycles. The van der Waals surface area contributed by atoms with Gasteiger partial charge in [0.25, 0.3) is 0 Å². The maximum absolute atomic E-state index is 11.8. The van der Waals surface area contributed by atoms with E-state index in [1.165, 1.54) is 5.57 Å². The maximum Gasteiger partial charge on any atom is 0.407 e. The summed E-state index contributed by atoms with van der Waals surface area (Å²) in [6.07, 6.45) is 9.29. The Morgan fingerprint density at radius 2 is 2.26 bits per heavy atom. The summed E-state index contributed by atoms with van der Waals surface area (Å²) >= 11 is 0. The Labute approximate surface area is 114 Å². The Morgan fingerprint density at radius 3 is 2.79 bits per heavy atom. The molecule has 0 bridgehead atoms.